The van der Waals surface area contributed by atoms with Crippen molar-refractivity contribution in [2.75, 3.05) is 38.2 Å². The number of carbonyl (C=O) groups is 2. The van der Waals surface area contributed by atoms with Gasteiger partial charge in [0.1, 0.15) is 18.4 Å². The standard InChI is InChI=1S/C32H40FN3O6S/c1-6-28(32(38)34-21-23(2)3)35(19-18-24-10-8-7-9-11-24)31(37)22-36(26-14-12-25(33)13-15-26)43(39,40)27-16-17-29(41-4)30(20-27)42-5/h7-17,20,23,28H,6,18-19,21-22H2,1-5H3,(H,34,38)/t28-/m1/s1. The minimum atomic E-state index is -4.37. The predicted molar refractivity (Wildman–Crippen MR) is 164 cm³/mol. The Morgan fingerprint density at radius 1 is 0.930 bits per heavy atom. The van der Waals surface area contributed by atoms with Crippen molar-refractivity contribution in [3.8, 4) is 11.5 Å². The summed E-state index contributed by atoms with van der Waals surface area (Å²) in [6, 6.07) is 17.6. The lowest BCUT2D eigenvalue weighted by atomic mass is 10.1. The summed E-state index contributed by atoms with van der Waals surface area (Å²) in [6.45, 7) is 5.75. The molecule has 0 aliphatic rings. The lowest BCUT2D eigenvalue weighted by Crippen LogP contribution is -2.53. The zero-order valence-electron chi connectivity index (χ0n) is 25.2. The van der Waals surface area contributed by atoms with Gasteiger partial charge < -0.3 is 19.7 Å². The third-order valence-corrected chi connectivity index (χ3v) is 8.66. The number of methoxy groups -OCH3 is 2. The van der Waals surface area contributed by atoms with Crippen LogP contribution in [0.2, 0.25) is 0 Å². The minimum absolute atomic E-state index is 0.0878. The number of hydrogen-bond acceptors (Lipinski definition) is 6. The van der Waals surface area contributed by atoms with E-state index in [4.69, 9.17) is 9.47 Å². The molecule has 0 fully saturated rings. The molecule has 3 aromatic carbocycles. The highest BCUT2D eigenvalue weighted by atomic mass is 32.2. The Morgan fingerprint density at radius 2 is 1.58 bits per heavy atom. The number of nitrogens with zero attached hydrogens (tertiary/aromatic N) is 2. The molecule has 0 radical (unpaired) electrons. The number of amides is 2. The molecular weight excluding hydrogens is 573 g/mol. The number of hydrogen-bond donors (Lipinski definition) is 1. The van der Waals surface area contributed by atoms with Crippen LogP contribution in [0.3, 0.4) is 0 Å². The summed E-state index contributed by atoms with van der Waals surface area (Å²) in [5.41, 5.74) is 1.05. The van der Waals surface area contributed by atoms with E-state index < -0.39 is 34.3 Å². The van der Waals surface area contributed by atoms with E-state index in [1.54, 1.807) is 6.92 Å². The zero-order chi connectivity index (χ0) is 31.6. The van der Waals surface area contributed by atoms with Gasteiger partial charge in [0.25, 0.3) is 10.0 Å². The average molecular weight is 614 g/mol. The summed E-state index contributed by atoms with van der Waals surface area (Å²) in [4.78, 5) is 28.6. The quantitative estimate of drug-likeness (QED) is 0.267. The fourth-order valence-electron chi connectivity index (χ4n) is 4.56. The zero-order valence-corrected chi connectivity index (χ0v) is 26.1. The van der Waals surface area contributed by atoms with Gasteiger partial charge in [0.15, 0.2) is 11.5 Å². The normalized spacial score (nSPS) is 12.0. The first-order valence-electron chi connectivity index (χ1n) is 14.1. The van der Waals surface area contributed by atoms with E-state index in [1.807, 2.05) is 44.2 Å². The molecule has 0 bridgehead atoms. The number of anilines is 1. The van der Waals surface area contributed by atoms with Gasteiger partial charge in [0.2, 0.25) is 11.8 Å². The Bertz CT molecular complexity index is 1470. The number of carbonyl (C=O) groups excluding carboxylic acids is 2. The summed E-state index contributed by atoms with van der Waals surface area (Å²) >= 11 is 0. The number of sulfonamides is 1. The number of halogens is 1. The first kappa shape index (κ1) is 33.4. The average Bonchev–Trinajstić information content (AvgIpc) is 3.01. The molecule has 1 atom stereocenters. The van der Waals surface area contributed by atoms with Crippen molar-refractivity contribution in [1.29, 1.82) is 0 Å². The van der Waals surface area contributed by atoms with Gasteiger partial charge in [0.05, 0.1) is 24.8 Å². The van der Waals surface area contributed by atoms with Gasteiger partial charge in [-0.1, -0.05) is 51.1 Å². The second kappa shape index (κ2) is 15.4. The summed E-state index contributed by atoms with van der Waals surface area (Å²) in [7, 11) is -1.55. The van der Waals surface area contributed by atoms with Crippen LogP contribution >= 0.6 is 0 Å². The van der Waals surface area contributed by atoms with Crippen LogP contribution in [0.1, 0.15) is 32.8 Å². The molecule has 11 heteroatoms. The molecule has 0 saturated heterocycles. The highest BCUT2D eigenvalue weighted by Gasteiger charge is 2.34. The van der Waals surface area contributed by atoms with Crippen LogP contribution in [0, 0.1) is 11.7 Å². The Kier molecular flexibility index (Phi) is 11.9. The molecule has 0 saturated carbocycles. The first-order chi connectivity index (χ1) is 20.5. The molecule has 232 valence electrons. The van der Waals surface area contributed by atoms with Gasteiger partial charge in [-0.05, 0) is 60.7 Å². The lowest BCUT2D eigenvalue weighted by molar-refractivity contribution is -0.139. The van der Waals surface area contributed by atoms with Crippen LogP contribution in [-0.2, 0) is 26.0 Å². The number of rotatable bonds is 15. The van der Waals surface area contributed by atoms with Crippen molar-refractivity contribution in [3.05, 3.63) is 84.2 Å². The number of nitrogens with one attached hydrogen (secondary N) is 1. The molecule has 0 aromatic heterocycles. The molecule has 9 nitrogen and oxygen atoms in total. The van der Waals surface area contributed by atoms with Crippen molar-refractivity contribution >= 4 is 27.5 Å². The van der Waals surface area contributed by atoms with Gasteiger partial charge in [-0.25, -0.2) is 12.8 Å². The fraction of sp³-hybridized carbons (Fsp3) is 0.375. The second-order valence-corrected chi connectivity index (χ2v) is 12.3. The molecule has 0 aliphatic heterocycles. The molecule has 3 aromatic rings. The van der Waals surface area contributed by atoms with Crippen molar-refractivity contribution in [1.82, 2.24) is 10.2 Å². The van der Waals surface area contributed by atoms with Gasteiger partial charge in [-0.2, -0.15) is 0 Å². The Labute approximate surface area is 253 Å². The largest absolute Gasteiger partial charge is 0.493 e. The molecule has 0 unspecified atom stereocenters. The van der Waals surface area contributed by atoms with Crippen molar-refractivity contribution in [2.45, 2.75) is 44.6 Å². The minimum Gasteiger partial charge on any atom is -0.493 e. The van der Waals surface area contributed by atoms with Gasteiger partial charge in [0, 0.05) is 19.2 Å². The van der Waals surface area contributed by atoms with Crippen molar-refractivity contribution in [3.63, 3.8) is 0 Å². The van der Waals surface area contributed by atoms with Crippen LogP contribution in [0.4, 0.5) is 10.1 Å². The molecule has 3 rings (SSSR count). The lowest BCUT2D eigenvalue weighted by Gasteiger charge is -2.33. The topological polar surface area (TPSA) is 105 Å². The van der Waals surface area contributed by atoms with Crippen LogP contribution < -0.4 is 19.1 Å². The predicted octanol–water partition coefficient (Wildman–Crippen LogP) is 4.66. The van der Waals surface area contributed by atoms with Gasteiger partial charge >= 0.3 is 0 Å². The van der Waals surface area contributed by atoms with E-state index in [0.29, 0.717) is 25.1 Å². The van der Waals surface area contributed by atoms with Crippen LogP contribution in [0.25, 0.3) is 0 Å². The van der Waals surface area contributed by atoms with E-state index in [2.05, 4.69) is 5.32 Å². The Morgan fingerprint density at radius 3 is 2.16 bits per heavy atom. The SMILES string of the molecule is CC[C@H](C(=O)NCC(C)C)N(CCc1ccccc1)C(=O)CN(c1ccc(F)cc1)S(=O)(=O)c1ccc(OC)c(OC)c1. The highest BCUT2D eigenvalue weighted by Crippen LogP contribution is 2.32. The molecular formula is C32H40FN3O6S. The maximum atomic E-state index is 14.1. The maximum absolute atomic E-state index is 14.1. The number of ether oxygens (including phenoxy) is 2. The third kappa shape index (κ3) is 8.70. The molecule has 0 aliphatic carbocycles. The Hall–Kier alpha value is -4.12. The van der Waals surface area contributed by atoms with E-state index in [0.717, 1.165) is 22.0 Å². The summed E-state index contributed by atoms with van der Waals surface area (Å²) in [5, 5.41) is 2.91. The first-order valence-corrected chi connectivity index (χ1v) is 15.6. The van der Waals surface area contributed by atoms with Crippen LogP contribution in [-0.4, -0.2) is 65.0 Å². The fourth-order valence-corrected chi connectivity index (χ4v) is 5.99. The van der Waals surface area contributed by atoms with E-state index in [-0.39, 0.29) is 34.7 Å². The maximum Gasteiger partial charge on any atom is 0.264 e. The van der Waals surface area contributed by atoms with Crippen LogP contribution in [0.15, 0.2) is 77.7 Å². The number of benzene rings is 3. The van der Waals surface area contributed by atoms with E-state index in [9.17, 15) is 22.4 Å². The smallest absolute Gasteiger partial charge is 0.264 e. The second-order valence-electron chi connectivity index (χ2n) is 10.4. The summed E-state index contributed by atoms with van der Waals surface area (Å²) < 4.78 is 53.4. The molecule has 0 heterocycles. The van der Waals surface area contributed by atoms with Crippen LogP contribution in [0.5, 0.6) is 11.5 Å². The van der Waals surface area contributed by atoms with Gasteiger partial charge in [-0.15, -0.1) is 0 Å². The molecule has 43 heavy (non-hydrogen) atoms. The molecule has 2 amide bonds. The summed E-state index contributed by atoms with van der Waals surface area (Å²) in [6.07, 6.45) is 0.781. The van der Waals surface area contributed by atoms with E-state index >= 15 is 0 Å². The van der Waals surface area contributed by atoms with E-state index in [1.165, 1.54) is 49.5 Å². The highest BCUT2D eigenvalue weighted by molar-refractivity contribution is 7.92. The summed E-state index contributed by atoms with van der Waals surface area (Å²) in [5.74, 6) is -0.724. The third-order valence-electron chi connectivity index (χ3n) is 6.89. The van der Waals surface area contributed by atoms with Crippen molar-refractivity contribution in [2.24, 2.45) is 5.92 Å². The van der Waals surface area contributed by atoms with Crippen molar-refractivity contribution < 1.29 is 31.9 Å². The Balaban J connectivity index is 2.03. The molecule has 1 N–H and O–H groups in total. The molecule has 0 spiro atoms. The monoisotopic (exact) mass is 613 g/mol. The van der Waals surface area contributed by atoms with Gasteiger partial charge in [-0.3, -0.25) is 13.9 Å².